The topological polar surface area (TPSA) is 119 Å². The summed E-state index contributed by atoms with van der Waals surface area (Å²) in [5.41, 5.74) is -2.55. The Balaban J connectivity index is 1.75. The van der Waals surface area contributed by atoms with Gasteiger partial charge >= 0.3 is 18.4 Å². The van der Waals surface area contributed by atoms with Crippen LogP contribution in [0.25, 0.3) is 0 Å². The van der Waals surface area contributed by atoms with Gasteiger partial charge in [-0.3, -0.25) is 4.90 Å². The Labute approximate surface area is 248 Å². The Morgan fingerprint density at radius 3 is 2.30 bits per heavy atom. The van der Waals surface area contributed by atoms with Crippen LogP contribution in [-0.4, -0.2) is 59.6 Å². The highest BCUT2D eigenvalue weighted by atomic mass is 19.4. The van der Waals surface area contributed by atoms with Gasteiger partial charge in [-0.25, -0.2) is 19.7 Å². The number of carboxylic acid groups (broad SMARTS) is 1. The second kappa shape index (κ2) is 13.1. The molecule has 0 spiro atoms. The number of nitrogens with zero attached hydrogens (tertiary/aromatic N) is 4. The van der Waals surface area contributed by atoms with E-state index in [-0.39, 0.29) is 54.5 Å². The highest BCUT2D eigenvalue weighted by molar-refractivity contribution is 5.88. The molecule has 0 unspecified atom stereocenters. The summed E-state index contributed by atoms with van der Waals surface area (Å²) in [6, 6.07) is 3.32. The number of pyridine rings is 1. The number of amides is 1. The maximum absolute atomic E-state index is 13.5. The number of hydrogen-bond acceptors (Lipinski definition) is 8. The molecule has 3 aromatic rings. The second-order valence-corrected chi connectivity index (χ2v) is 9.84. The van der Waals surface area contributed by atoms with Gasteiger partial charge in [-0.1, -0.05) is 6.92 Å². The molecule has 0 saturated heterocycles. The Morgan fingerprint density at radius 2 is 1.73 bits per heavy atom. The van der Waals surface area contributed by atoms with E-state index >= 15 is 0 Å². The van der Waals surface area contributed by atoms with Crippen LogP contribution in [0.1, 0.15) is 53.9 Å². The molecule has 44 heavy (non-hydrogen) atoms. The molecule has 1 aromatic carbocycles. The van der Waals surface area contributed by atoms with Gasteiger partial charge in [0.25, 0.3) is 0 Å². The lowest BCUT2D eigenvalue weighted by atomic mass is 9.93. The minimum atomic E-state index is -5.02. The number of benzene rings is 1. The van der Waals surface area contributed by atoms with E-state index in [4.69, 9.17) is 14.2 Å². The number of rotatable bonds is 10. The van der Waals surface area contributed by atoms with Gasteiger partial charge in [0.1, 0.15) is 6.61 Å². The number of anilines is 2. The lowest BCUT2D eigenvalue weighted by Crippen LogP contribution is -2.45. The first-order chi connectivity index (χ1) is 20.7. The van der Waals surface area contributed by atoms with Crippen molar-refractivity contribution in [2.75, 3.05) is 37.7 Å². The van der Waals surface area contributed by atoms with Crippen LogP contribution >= 0.6 is 0 Å². The fraction of sp³-hybridized carbons (Fsp3) is 0.429. The van der Waals surface area contributed by atoms with Crippen molar-refractivity contribution >= 4 is 17.7 Å². The third-order valence-corrected chi connectivity index (χ3v) is 6.92. The number of nitrogens with one attached hydrogen (secondary N) is 1. The van der Waals surface area contributed by atoms with Crippen LogP contribution in [-0.2, 0) is 23.5 Å². The quantitative estimate of drug-likeness (QED) is 0.195. The third kappa shape index (κ3) is 7.41. The van der Waals surface area contributed by atoms with E-state index in [1.165, 1.54) is 31.4 Å². The summed E-state index contributed by atoms with van der Waals surface area (Å²) < 4.78 is 96.8. The lowest BCUT2D eigenvalue weighted by Gasteiger charge is -2.38. The summed E-state index contributed by atoms with van der Waals surface area (Å²) in [5.74, 6) is 0.233. The molecule has 1 aliphatic rings. The molecule has 0 radical (unpaired) electrons. The molecule has 0 bridgehead atoms. The standard InChI is InChI=1S/C28H29F6N5O5/c1-4-18-13-20(24-21(39(18)26(40)41)5-6-23(38-24)43-3)37-25-35-14-22(44-8-7-42-2)19(36-25)11-15-9-16(27(29,30)31)12-17(10-15)28(32,33)34/h5-6,9-10,12,14,18,20H,4,7-8,11,13H2,1-3H3,(H,40,41)(H,35,36,37)/t18-,20+/m1/s1. The van der Waals surface area contributed by atoms with Crippen molar-refractivity contribution in [3.8, 4) is 11.6 Å². The number of halogens is 6. The van der Waals surface area contributed by atoms with Crippen molar-refractivity contribution in [2.45, 2.75) is 50.6 Å². The van der Waals surface area contributed by atoms with Crippen molar-refractivity contribution in [3.63, 3.8) is 0 Å². The van der Waals surface area contributed by atoms with Gasteiger partial charge < -0.3 is 24.6 Å². The monoisotopic (exact) mass is 629 g/mol. The van der Waals surface area contributed by atoms with E-state index in [1.807, 2.05) is 6.92 Å². The normalized spacial score (nSPS) is 16.8. The van der Waals surface area contributed by atoms with Gasteiger partial charge in [0, 0.05) is 25.6 Å². The SMILES string of the molecule is CC[C@@H]1C[C@H](Nc2ncc(OCCOC)c(Cc3cc(C(F)(F)F)cc(C(F)(F)F)c3)n2)c2nc(OC)ccc2N1C(=O)O. The molecule has 3 heterocycles. The Bertz CT molecular complexity index is 1450. The van der Waals surface area contributed by atoms with E-state index in [2.05, 4.69) is 20.3 Å². The Hall–Kier alpha value is -4.34. The fourth-order valence-corrected chi connectivity index (χ4v) is 4.87. The maximum Gasteiger partial charge on any atom is 0.416 e. The van der Waals surface area contributed by atoms with Gasteiger partial charge in [0.15, 0.2) is 5.75 Å². The molecule has 0 aliphatic carbocycles. The molecular formula is C28H29F6N5O5. The molecule has 10 nitrogen and oxygen atoms in total. The summed E-state index contributed by atoms with van der Waals surface area (Å²) >= 11 is 0. The zero-order chi connectivity index (χ0) is 32.2. The first-order valence-electron chi connectivity index (χ1n) is 13.3. The number of ether oxygens (including phenoxy) is 3. The van der Waals surface area contributed by atoms with E-state index in [1.54, 1.807) is 6.07 Å². The number of alkyl halides is 6. The zero-order valence-electron chi connectivity index (χ0n) is 23.8. The van der Waals surface area contributed by atoms with Gasteiger partial charge in [0.05, 0.1) is 54.2 Å². The average molecular weight is 630 g/mol. The van der Waals surface area contributed by atoms with Crippen LogP contribution in [0.4, 0.5) is 42.8 Å². The predicted molar refractivity (Wildman–Crippen MR) is 145 cm³/mol. The highest BCUT2D eigenvalue weighted by Crippen LogP contribution is 2.40. The Morgan fingerprint density at radius 1 is 1.05 bits per heavy atom. The van der Waals surface area contributed by atoms with Crippen molar-refractivity contribution in [3.05, 3.63) is 64.6 Å². The first kappa shape index (κ1) is 32.6. The zero-order valence-corrected chi connectivity index (χ0v) is 23.8. The summed E-state index contributed by atoms with van der Waals surface area (Å²) in [6.07, 6.45) is -9.69. The molecule has 4 rings (SSSR count). The van der Waals surface area contributed by atoms with Crippen LogP contribution < -0.4 is 19.7 Å². The molecule has 1 amide bonds. The average Bonchev–Trinajstić information content (AvgIpc) is 2.96. The summed E-state index contributed by atoms with van der Waals surface area (Å²) in [5, 5.41) is 13.0. The second-order valence-electron chi connectivity index (χ2n) is 9.84. The molecule has 238 valence electrons. The van der Waals surface area contributed by atoms with Crippen molar-refractivity contribution < 1.29 is 50.5 Å². The molecule has 0 fully saturated rings. The fourth-order valence-electron chi connectivity index (χ4n) is 4.87. The van der Waals surface area contributed by atoms with Crippen molar-refractivity contribution in [2.24, 2.45) is 0 Å². The molecule has 16 heteroatoms. The van der Waals surface area contributed by atoms with E-state index in [0.29, 0.717) is 29.9 Å². The number of fused-ring (bicyclic) bond motifs is 1. The molecular weight excluding hydrogens is 600 g/mol. The number of methoxy groups -OCH3 is 2. The van der Waals surface area contributed by atoms with Crippen molar-refractivity contribution in [1.82, 2.24) is 15.0 Å². The van der Waals surface area contributed by atoms with Gasteiger partial charge in [-0.2, -0.15) is 26.3 Å². The van der Waals surface area contributed by atoms with Crippen LogP contribution in [0.3, 0.4) is 0 Å². The predicted octanol–water partition coefficient (Wildman–Crippen LogP) is 6.35. The largest absolute Gasteiger partial charge is 0.488 e. The highest BCUT2D eigenvalue weighted by Gasteiger charge is 2.38. The summed E-state index contributed by atoms with van der Waals surface area (Å²) in [7, 11) is 2.83. The smallest absolute Gasteiger partial charge is 0.416 e. The van der Waals surface area contributed by atoms with Crippen LogP contribution in [0.5, 0.6) is 11.6 Å². The molecule has 2 N–H and O–H groups in total. The summed E-state index contributed by atoms with van der Waals surface area (Å²) in [4.78, 5) is 26.4. The van der Waals surface area contributed by atoms with E-state index < -0.39 is 48.1 Å². The van der Waals surface area contributed by atoms with Gasteiger partial charge in [-0.05, 0) is 42.7 Å². The number of carbonyl (C=O) groups is 1. The first-order valence-corrected chi connectivity index (χ1v) is 13.3. The third-order valence-electron chi connectivity index (χ3n) is 6.92. The maximum atomic E-state index is 13.5. The van der Waals surface area contributed by atoms with E-state index in [9.17, 15) is 36.2 Å². The Kier molecular flexibility index (Phi) is 9.71. The minimum Gasteiger partial charge on any atom is -0.488 e. The number of aromatic nitrogens is 3. The molecule has 2 aromatic heterocycles. The molecule has 0 saturated carbocycles. The minimum absolute atomic E-state index is 0.0128. The van der Waals surface area contributed by atoms with Crippen LogP contribution in [0, 0.1) is 0 Å². The van der Waals surface area contributed by atoms with Crippen LogP contribution in [0.15, 0.2) is 36.5 Å². The molecule has 2 atom stereocenters. The summed E-state index contributed by atoms with van der Waals surface area (Å²) in [6.45, 7) is 1.98. The van der Waals surface area contributed by atoms with E-state index in [0.717, 1.165) is 0 Å². The van der Waals surface area contributed by atoms with Crippen molar-refractivity contribution in [1.29, 1.82) is 0 Å². The van der Waals surface area contributed by atoms with Crippen LogP contribution in [0.2, 0.25) is 0 Å². The lowest BCUT2D eigenvalue weighted by molar-refractivity contribution is -0.143. The molecule has 1 aliphatic heterocycles. The number of hydrogen-bond donors (Lipinski definition) is 2. The van der Waals surface area contributed by atoms with Gasteiger partial charge in [0.2, 0.25) is 11.8 Å². The van der Waals surface area contributed by atoms with Gasteiger partial charge in [-0.15, -0.1) is 0 Å².